The summed E-state index contributed by atoms with van der Waals surface area (Å²) in [6, 6.07) is 4.91. The minimum Gasteiger partial charge on any atom is -0.508 e. The van der Waals surface area contributed by atoms with Crippen molar-refractivity contribution in [3.05, 3.63) is 34.9 Å². The van der Waals surface area contributed by atoms with Crippen LogP contribution >= 0.6 is 0 Å². The Morgan fingerprint density at radius 2 is 2.14 bits per heavy atom. The molecule has 0 amide bonds. The van der Waals surface area contributed by atoms with Gasteiger partial charge in [0.05, 0.1) is 7.11 Å². The summed E-state index contributed by atoms with van der Waals surface area (Å²) in [5.41, 5.74) is 3.38. The van der Waals surface area contributed by atoms with Crippen LogP contribution in [0.15, 0.2) is 23.8 Å². The molecule has 0 heterocycles. The van der Waals surface area contributed by atoms with Crippen LogP contribution in [0.2, 0.25) is 0 Å². The summed E-state index contributed by atoms with van der Waals surface area (Å²) >= 11 is 0. The number of aldehydes is 1. The minimum absolute atomic E-state index is 0.185. The van der Waals surface area contributed by atoms with Crippen molar-refractivity contribution < 1.29 is 14.6 Å². The summed E-state index contributed by atoms with van der Waals surface area (Å²) in [7, 11) is 1.69. The lowest BCUT2D eigenvalue weighted by Gasteiger charge is -2.66. The molecule has 4 fully saturated rings. The molecule has 3 heteroatoms. The summed E-state index contributed by atoms with van der Waals surface area (Å²) < 4.78 is 5.78. The van der Waals surface area contributed by atoms with E-state index in [1.54, 1.807) is 25.3 Å². The van der Waals surface area contributed by atoms with Gasteiger partial charge in [-0.1, -0.05) is 0 Å². The maximum absolute atomic E-state index is 11.4. The highest BCUT2D eigenvalue weighted by Crippen LogP contribution is 2.83. The fourth-order valence-electron chi connectivity index (χ4n) is 6.34. The maximum atomic E-state index is 11.4. The van der Waals surface area contributed by atoms with Gasteiger partial charge in [0.15, 0.2) is 6.29 Å². The predicted molar refractivity (Wildman–Crippen MR) is 82.3 cm³/mol. The van der Waals surface area contributed by atoms with Gasteiger partial charge in [-0.05, 0) is 78.5 Å². The third-order valence-corrected chi connectivity index (χ3v) is 7.12. The van der Waals surface area contributed by atoms with Crippen molar-refractivity contribution in [3.63, 3.8) is 0 Å². The number of aromatic hydroxyl groups is 1. The molecule has 1 aromatic carbocycles. The lowest BCUT2D eigenvalue weighted by molar-refractivity contribution is -0.159. The average Bonchev–Trinajstić information content (AvgIpc) is 2.99. The van der Waals surface area contributed by atoms with Crippen molar-refractivity contribution >= 4 is 12.0 Å². The molecule has 1 N–H and O–H groups in total. The maximum Gasteiger partial charge on any atom is 0.150 e. The van der Waals surface area contributed by atoms with Gasteiger partial charge in [0.1, 0.15) is 11.5 Å². The van der Waals surface area contributed by atoms with Gasteiger partial charge in [0.25, 0.3) is 0 Å². The first-order valence-corrected chi connectivity index (χ1v) is 8.25. The molecule has 22 heavy (non-hydrogen) atoms. The number of hydrogen-bond acceptors (Lipinski definition) is 3. The first-order valence-electron chi connectivity index (χ1n) is 8.25. The topological polar surface area (TPSA) is 46.5 Å². The van der Waals surface area contributed by atoms with Crippen LogP contribution in [0.25, 0.3) is 5.76 Å². The Balaban J connectivity index is 1.67. The van der Waals surface area contributed by atoms with Crippen LogP contribution in [-0.2, 0) is 4.74 Å². The van der Waals surface area contributed by atoms with Crippen LogP contribution in [-0.4, -0.2) is 18.5 Å². The van der Waals surface area contributed by atoms with E-state index in [1.165, 1.54) is 31.3 Å². The Bertz CT molecular complexity index is 719. The highest BCUT2D eigenvalue weighted by Gasteiger charge is 2.75. The lowest BCUT2D eigenvalue weighted by atomic mass is 9.38. The van der Waals surface area contributed by atoms with Crippen molar-refractivity contribution in [3.8, 4) is 5.75 Å². The van der Waals surface area contributed by atoms with Gasteiger partial charge in [0.2, 0.25) is 0 Å². The smallest absolute Gasteiger partial charge is 0.150 e. The van der Waals surface area contributed by atoms with E-state index in [-0.39, 0.29) is 5.75 Å². The van der Waals surface area contributed by atoms with Crippen molar-refractivity contribution in [2.24, 2.45) is 29.1 Å². The highest BCUT2D eigenvalue weighted by atomic mass is 16.5. The number of ether oxygens (including phenoxy) is 1. The number of benzene rings is 1. The van der Waals surface area contributed by atoms with Crippen molar-refractivity contribution in [2.45, 2.75) is 25.7 Å². The lowest BCUT2D eigenvalue weighted by Crippen LogP contribution is -2.60. The fraction of sp³-hybridized carbons (Fsp3) is 0.526. The first-order chi connectivity index (χ1) is 10.7. The zero-order chi connectivity index (χ0) is 15.1. The number of allylic oxidation sites excluding steroid dienone is 1. The molecule has 0 aromatic heterocycles. The molecule has 4 aliphatic rings. The number of rotatable bonds is 3. The van der Waals surface area contributed by atoms with Crippen LogP contribution in [0, 0.1) is 29.1 Å². The van der Waals surface area contributed by atoms with E-state index in [0.717, 1.165) is 29.4 Å². The van der Waals surface area contributed by atoms with Crippen LogP contribution in [0.4, 0.5) is 0 Å². The molecule has 0 saturated heterocycles. The molecule has 0 radical (unpaired) electrons. The van der Waals surface area contributed by atoms with E-state index >= 15 is 0 Å². The normalized spacial score (nSPS) is 42.2. The van der Waals surface area contributed by atoms with Crippen molar-refractivity contribution in [1.82, 2.24) is 0 Å². The summed E-state index contributed by atoms with van der Waals surface area (Å²) in [5.74, 6) is 4.21. The number of methoxy groups -OCH3 is 1. The molecular formula is C19H20O3. The van der Waals surface area contributed by atoms with Gasteiger partial charge < -0.3 is 9.84 Å². The largest absolute Gasteiger partial charge is 0.508 e. The number of phenols is 1. The van der Waals surface area contributed by atoms with Gasteiger partial charge >= 0.3 is 0 Å². The third kappa shape index (κ3) is 1.23. The highest BCUT2D eigenvalue weighted by molar-refractivity contribution is 5.85. The third-order valence-electron chi connectivity index (χ3n) is 7.12. The van der Waals surface area contributed by atoms with E-state index in [1.807, 2.05) is 0 Å². The minimum atomic E-state index is 0.185. The van der Waals surface area contributed by atoms with Crippen LogP contribution in [0.1, 0.15) is 41.6 Å². The Hall–Kier alpha value is -1.77. The second-order valence-electron chi connectivity index (χ2n) is 7.54. The predicted octanol–water partition coefficient (Wildman–Crippen LogP) is 3.63. The van der Waals surface area contributed by atoms with Crippen LogP contribution in [0.3, 0.4) is 0 Å². The number of phenolic OH excluding ortho intramolecular Hbond substituents is 1. The molecule has 5 atom stereocenters. The van der Waals surface area contributed by atoms with Crippen LogP contribution in [0.5, 0.6) is 5.75 Å². The molecule has 4 saturated carbocycles. The Labute approximate surface area is 130 Å². The molecule has 5 rings (SSSR count). The number of carbonyl (C=O) groups excluding carboxylic acids is 1. The molecule has 1 aromatic rings. The second-order valence-corrected chi connectivity index (χ2v) is 7.54. The molecule has 5 unspecified atom stereocenters. The zero-order valence-electron chi connectivity index (χ0n) is 12.7. The number of hydrogen-bond donors (Lipinski definition) is 1. The zero-order valence-corrected chi connectivity index (χ0v) is 12.7. The summed E-state index contributed by atoms with van der Waals surface area (Å²) in [5, 5.41) is 9.84. The van der Waals surface area contributed by atoms with Gasteiger partial charge in [-0.2, -0.15) is 0 Å². The van der Waals surface area contributed by atoms with Crippen LogP contribution < -0.4 is 0 Å². The summed E-state index contributed by atoms with van der Waals surface area (Å²) in [6.45, 7) is 0. The van der Waals surface area contributed by atoms with Gasteiger partial charge in [-0.25, -0.2) is 0 Å². The Morgan fingerprint density at radius 1 is 1.32 bits per heavy atom. The second kappa shape index (κ2) is 3.95. The Kier molecular flexibility index (Phi) is 2.29. The molecule has 2 bridgehead atoms. The number of fused-ring (bicyclic) bond motifs is 1. The van der Waals surface area contributed by atoms with E-state index in [9.17, 15) is 9.90 Å². The first kappa shape index (κ1) is 12.7. The summed E-state index contributed by atoms with van der Waals surface area (Å²) in [4.78, 5) is 11.4. The molecule has 3 nitrogen and oxygen atoms in total. The summed E-state index contributed by atoms with van der Waals surface area (Å²) in [6.07, 6.45) is 6.21. The van der Waals surface area contributed by atoms with Gasteiger partial charge in [0, 0.05) is 11.1 Å². The molecule has 4 aliphatic carbocycles. The van der Waals surface area contributed by atoms with Crippen molar-refractivity contribution in [1.29, 1.82) is 0 Å². The van der Waals surface area contributed by atoms with E-state index in [2.05, 4.69) is 0 Å². The van der Waals surface area contributed by atoms with E-state index in [4.69, 9.17) is 4.74 Å². The average molecular weight is 296 g/mol. The van der Waals surface area contributed by atoms with Crippen molar-refractivity contribution in [2.75, 3.05) is 7.11 Å². The quantitative estimate of drug-likeness (QED) is 0.684. The molecule has 1 spiro atoms. The van der Waals surface area contributed by atoms with Gasteiger partial charge in [-0.15, -0.1) is 0 Å². The molecular weight excluding hydrogens is 276 g/mol. The number of carbonyl (C=O) groups is 1. The molecule has 0 aliphatic heterocycles. The SMILES string of the molecule is CO/C(=C1\C2CC3CC4CC1C34C2)c1cc(O)ccc1C=O. The fourth-order valence-corrected chi connectivity index (χ4v) is 6.34. The molecule has 114 valence electrons. The standard InChI is InChI=1S/C19H20O3/c1-22-18(15-7-14(21)3-2-10(15)9-20)17-11-4-12-5-13-6-16(17)19(12,13)8-11/h2-3,7,9,11-13,16,21H,4-6,8H2,1H3/b18-17+. The Morgan fingerprint density at radius 3 is 2.82 bits per heavy atom. The monoisotopic (exact) mass is 296 g/mol. The van der Waals surface area contributed by atoms with Gasteiger partial charge in [-0.3, -0.25) is 4.79 Å². The van der Waals surface area contributed by atoms with E-state index in [0.29, 0.717) is 22.8 Å². The van der Waals surface area contributed by atoms with E-state index < -0.39 is 0 Å².